The number of benzene rings is 1. The Hall–Kier alpha value is -1.79. The van der Waals surface area contributed by atoms with Crippen molar-refractivity contribution in [3.05, 3.63) is 47.6 Å². The quantitative estimate of drug-likeness (QED) is 0.799. The fourth-order valence-electron chi connectivity index (χ4n) is 1.79. The zero-order valence-electron chi connectivity index (χ0n) is 12.2. The van der Waals surface area contributed by atoms with Crippen molar-refractivity contribution in [2.75, 3.05) is 15.8 Å². The lowest BCUT2D eigenvalue weighted by Crippen LogP contribution is -2.17. The summed E-state index contributed by atoms with van der Waals surface area (Å²) in [6.45, 7) is 1.95. The van der Waals surface area contributed by atoms with Gasteiger partial charge in [-0.25, -0.2) is 13.4 Å². The van der Waals surface area contributed by atoms with Crippen molar-refractivity contribution in [1.82, 2.24) is 4.98 Å². The Balaban J connectivity index is 2.03. The average Bonchev–Trinajstić information content (AvgIpc) is 2.49. The predicted molar refractivity (Wildman–Crippen MR) is 91.3 cm³/mol. The van der Waals surface area contributed by atoms with Gasteiger partial charge in [0.05, 0.1) is 28.3 Å². The SMILES string of the molecule is CCCCS(=O)(=O)Nc1ccc(Nc2ccccc2Cl)cn1. The summed E-state index contributed by atoms with van der Waals surface area (Å²) < 4.78 is 26.1. The van der Waals surface area contributed by atoms with Crippen LogP contribution in [-0.2, 0) is 10.0 Å². The maximum absolute atomic E-state index is 11.8. The van der Waals surface area contributed by atoms with Crippen molar-refractivity contribution in [3.63, 3.8) is 0 Å². The van der Waals surface area contributed by atoms with Crippen LogP contribution in [0, 0.1) is 0 Å². The summed E-state index contributed by atoms with van der Waals surface area (Å²) in [6, 6.07) is 10.7. The van der Waals surface area contributed by atoms with Gasteiger partial charge in [0.25, 0.3) is 0 Å². The van der Waals surface area contributed by atoms with E-state index in [0.717, 1.165) is 17.8 Å². The second-order valence-corrected chi connectivity index (χ2v) is 7.06. The van der Waals surface area contributed by atoms with Gasteiger partial charge >= 0.3 is 0 Å². The molecule has 0 saturated carbocycles. The number of aromatic nitrogens is 1. The highest BCUT2D eigenvalue weighted by atomic mass is 35.5. The number of rotatable bonds is 7. The molecule has 118 valence electrons. The minimum atomic E-state index is -3.33. The number of sulfonamides is 1. The molecule has 0 aliphatic heterocycles. The molecule has 0 aliphatic carbocycles. The molecular formula is C15H18ClN3O2S. The highest BCUT2D eigenvalue weighted by Gasteiger charge is 2.10. The molecule has 22 heavy (non-hydrogen) atoms. The number of nitrogens with one attached hydrogen (secondary N) is 2. The van der Waals surface area contributed by atoms with E-state index in [4.69, 9.17) is 11.6 Å². The van der Waals surface area contributed by atoms with Gasteiger partial charge in [-0.2, -0.15) is 0 Å². The molecule has 0 atom stereocenters. The van der Waals surface area contributed by atoms with Crippen LogP contribution >= 0.6 is 11.6 Å². The van der Waals surface area contributed by atoms with Crippen molar-refractivity contribution in [2.24, 2.45) is 0 Å². The van der Waals surface area contributed by atoms with Gasteiger partial charge in [-0.1, -0.05) is 37.1 Å². The Morgan fingerprint density at radius 1 is 1.18 bits per heavy atom. The number of pyridine rings is 1. The Morgan fingerprint density at radius 2 is 1.95 bits per heavy atom. The molecule has 0 fully saturated rings. The van der Waals surface area contributed by atoms with Gasteiger partial charge in [0.15, 0.2) is 0 Å². The van der Waals surface area contributed by atoms with E-state index in [9.17, 15) is 8.42 Å². The number of hydrogen-bond acceptors (Lipinski definition) is 4. The standard InChI is InChI=1S/C15H18ClN3O2S/c1-2-3-10-22(20,21)19-15-9-8-12(11-17-15)18-14-7-5-4-6-13(14)16/h4-9,11,18H,2-3,10H2,1H3,(H,17,19). The molecule has 0 saturated heterocycles. The molecular weight excluding hydrogens is 322 g/mol. The number of anilines is 3. The van der Waals surface area contributed by atoms with Crippen molar-refractivity contribution in [1.29, 1.82) is 0 Å². The minimum absolute atomic E-state index is 0.102. The van der Waals surface area contributed by atoms with Gasteiger partial charge in [-0.15, -0.1) is 0 Å². The Morgan fingerprint density at radius 3 is 2.59 bits per heavy atom. The lowest BCUT2D eigenvalue weighted by Gasteiger charge is -2.10. The summed E-state index contributed by atoms with van der Waals surface area (Å²) in [5.74, 6) is 0.408. The third-order valence-electron chi connectivity index (χ3n) is 2.94. The van der Waals surface area contributed by atoms with Gasteiger partial charge in [0.1, 0.15) is 5.82 Å². The normalized spacial score (nSPS) is 11.2. The Kier molecular flexibility index (Phi) is 5.63. The summed E-state index contributed by atoms with van der Waals surface area (Å²) in [6.07, 6.45) is 3.01. The third kappa shape index (κ3) is 4.89. The summed E-state index contributed by atoms with van der Waals surface area (Å²) in [5, 5.41) is 3.73. The van der Waals surface area contributed by atoms with Crippen LogP contribution < -0.4 is 10.0 Å². The third-order valence-corrected chi connectivity index (χ3v) is 4.62. The van der Waals surface area contributed by atoms with Crippen molar-refractivity contribution in [3.8, 4) is 0 Å². The topological polar surface area (TPSA) is 71.1 Å². The van der Waals surface area contributed by atoms with E-state index in [1.165, 1.54) is 0 Å². The maximum atomic E-state index is 11.8. The Labute approximate surface area is 135 Å². The van der Waals surface area contributed by atoms with Gasteiger partial charge < -0.3 is 5.32 Å². The van der Waals surface area contributed by atoms with E-state index in [-0.39, 0.29) is 5.75 Å². The van der Waals surface area contributed by atoms with Crippen LogP contribution in [0.15, 0.2) is 42.6 Å². The fourth-order valence-corrected chi connectivity index (χ4v) is 3.18. The number of unbranched alkanes of at least 4 members (excludes halogenated alkanes) is 1. The number of para-hydroxylation sites is 1. The monoisotopic (exact) mass is 339 g/mol. The van der Waals surface area contributed by atoms with E-state index in [1.807, 2.05) is 25.1 Å². The summed E-state index contributed by atoms with van der Waals surface area (Å²) in [5.41, 5.74) is 1.49. The van der Waals surface area contributed by atoms with Crippen LogP contribution in [0.2, 0.25) is 5.02 Å². The van der Waals surface area contributed by atoms with Gasteiger partial charge in [-0.05, 0) is 30.7 Å². The summed E-state index contributed by atoms with van der Waals surface area (Å²) in [4.78, 5) is 4.10. The second-order valence-electron chi connectivity index (χ2n) is 4.81. The molecule has 1 heterocycles. The van der Waals surface area contributed by atoms with Crippen LogP contribution in [0.1, 0.15) is 19.8 Å². The molecule has 2 N–H and O–H groups in total. The molecule has 0 radical (unpaired) electrons. The largest absolute Gasteiger partial charge is 0.353 e. The predicted octanol–water partition coefficient (Wildman–Crippen LogP) is 4.02. The van der Waals surface area contributed by atoms with E-state index >= 15 is 0 Å². The maximum Gasteiger partial charge on any atom is 0.233 e. The molecule has 2 aromatic rings. The zero-order valence-corrected chi connectivity index (χ0v) is 13.8. The van der Waals surface area contributed by atoms with Crippen LogP contribution in [0.5, 0.6) is 0 Å². The first-order valence-electron chi connectivity index (χ1n) is 6.98. The van der Waals surface area contributed by atoms with Crippen molar-refractivity contribution >= 4 is 38.8 Å². The smallest absolute Gasteiger partial charge is 0.233 e. The zero-order chi connectivity index (χ0) is 16.0. The molecule has 1 aromatic heterocycles. The summed E-state index contributed by atoms with van der Waals surface area (Å²) >= 11 is 6.07. The number of hydrogen-bond donors (Lipinski definition) is 2. The Bertz CT molecular complexity index is 718. The van der Waals surface area contributed by atoms with E-state index < -0.39 is 10.0 Å². The van der Waals surface area contributed by atoms with Crippen LogP contribution in [0.4, 0.5) is 17.2 Å². The fraction of sp³-hybridized carbons (Fsp3) is 0.267. The molecule has 5 nitrogen and oxygen atoms in total. The first kappa shape index (κ1) is 16.6. The lowest BCUT2D eigenvalue weighted by atomic mass is 10.3. The molecule has 7 heteroatoms. The van der Waals surface area contributed by atoms with Crippen molar-refractivity contribution in [2.45, 2.75) is 19.8 Å². The van der Waals surface area contributed by atoms with Gasteiger partial charge in [-0.3, -0.25) is 4.72 Å². The highest BCUT2D eigenvalue weighted by molar-refractivity contribution is 7.92. The summed E-state index contributed by atoms with van der Waals surface area (Å²) in [7, 11) is -3.33. The van der Waals surface area contributed by atoms with Gasteiger partial charge in [0.2, 0.25) is 10.0 Å². The van der Waals surface area contributed by atoms with Crippen molar-refractivity contribution < 1.29 is 8.42 Å². The molecule has 1 aromatic carbocycles. The van der Waals surface area contributed by atoms with E-state index in [2.05, 4.69) is 15.0 Å². The molecule has 2 rings (SSSR count). The number of halogens is 1. The first-order chi connectivity index (χ1) is 10.5. The van der Waals surface area contributed by atoms with E-state index in [0.29, 0.717) is 17.3 Å². The second kappa shape index (κ2) is 7.47. The molecule has 0 unspecified atom stereocenters. The highest BCUT2D eigenvalue weighted by Crippen LogP contribution is 2.24. The molecule has 0 bridgehead atoms. The van der Waals surface area contributed by atoms with Crippen LogP contribution in [0.25, 0.3) is 0 Å². The van der Waals surface area contributed by atoms with Crippen LogP contribution in [0.3, 0.4) is 0 Å². The average molecular weight is 340 g/mol. The molecule has 0 aliphatic rings. The van der Waals surface area contributed by atoms with Gasteiger partial charge in [0, 0.05) is 0 Å². The first-order valence-corrected chi connectivity index (χ1v) is 9.01. The number of nitrogens with zero attached hydrogens (tertiary/aromatic N) is 1. The van der Waals surface area contributed by atoms with E-state index in [1.54, 1.807) is 24.4 Å². The lowest BCUT2D eigenvalue weighted by molar-refractivity contribution is 0.597. The molecule has 0 spiro atoms. The minimum Gasteiger partial charge on any atom is -0.353 e. The van der Waals surface area contributed by atoms with Crippen LogP contribution in [-0.4, -0.2) is 19.2 Å². The molecule has 0 amide bonds.